The van der Waals surface area contributed by atoms with Gasteiger partial charge in [0, 0.05) is 11.6 Å². The van der Waals surface area contributed by atoms with Crippen LogP contribution in [0.2, 0.25) is 10.0 Å². The molecule has 0 aliphatic carbocycles. The summed E-state index contributed by atoms with van der Waals surface area (Å²) in [5.41, 5.74) is 0.550. The van der Waals surface area contributed by atoms with E-state index in [-0.39, 0.29) is 15.6 Å². The molecule has 0 fully saturated rings. The van der Waals surface area contributed by atoms with Crippen LogP contribution < -0.4 is 10.1 Å². The minimum Gasteiger partial charge on any atom is -0.495 e. The van der Waals surface area contributed by atoms with Crippen molar-refractivity contribution in [2.24, 2.45) is 0 Å². The van der Waals surface area contributed by atoms with Gasteiger partial charge in [-0.2, -0.15) is 0 Å². The van der Waals surface area contributed by atoms with Gasteiger partial charge in [0.15, 0.2) is 0 Å². The maximum Gasteiger partial charge on any atom is 0.265 e. The monoisotopic (exact) mass is 299 g/mol. The predicted octanol–water partition coefficient (Wildman–Crippen LogP) is 3.58. The van der Waals surface area contributed by atoms with Gasteiger partial charge < -0.3 is 10.1 Å². The molecule has 16 heavy (non-hydrogen) atoms. The molecular weight excluding hydrogens is 296 g/mol. The molecular formula is C9H5Cl4NO2. The van der Waals surface area contributed by atoms with Gasteiger partial charge in [-0.25, -0.2) is 0 Å². The standard InChI is InChI=1S/C9H5Cl4NO2/c1-16-4-2-3(10)7-5(6(4)11)9(12,13)8(15)14-7/h2H,1H3,(H,14,15). The van der Waals surface area contributed by atoms with Crippen LogP contribution in [0.4, 0.5) is 5.69 Å². The average molecular weight is 301 g/mol. The van der Waals surface area contributed by atoms with Crippen molar-refractivity contribution in [2.75, 3.05) is 12.4 Å². The van der Waals surface area contributed by atoms with E-state index in [1.807, 2.05) is 0 Å². The minimum absolute atomic E-state index is 0.172. The Morgan fingerprint density at radius 2 is 2.00 bits per heavy atom. The molecule has 0 bridgehead atoms. The summed E-state index contributed by atoms with van der Waals surface area (Å²) in [6, 6.07) is 1.48. The highest BCUT2D eigenvalue weighted by Crippen LogP contribution is 2.53. The zero-order valence-electron chi connectivity index (χ0n) is 7.91. The maximum atomic E-state index is 11.5. The van der Waals surface area contributed by atoms with Crippen LogP contribution in [0.25, 0.3) is 0 Å². The van der Waals surface area contributed by atoms with Crippen LogP contribution in [-0.2, 0) is 9.13 Å². The third-order valence-electron chi connectivity index (χ3n) is 2.24. The Kier molecular flexibility index (Phi) is 2.91. The molecule has 1 N–H and O–H groups in total. The van der Waals surface area contributed by atoms with E-state index in [2.05, 4.69) is 5.32 Å². The van der Waals surface area contributed by atoms with Crippen molar-refractivity contribution in [2.45, 2.75) is 4.33 Å². The second-order valence-corrected chi connectivity index (χ2v) is 5.27. The molecule has 1 aliphatic rings. The van der Waals surface area contributed by atoms with Crippen molar-refractivity contribution >= 4 is 58.0 Å². The highest BCUT2D eigenvalue weighted by molar-refractivity contribution is 6.61. The van der Waals surface area contributed by atoms with Crippen molar-refractivity contribution in [1.29, 1.82) is 0 Å². The smallest absolute Gasteiger partial charge is 0.265 e. The Hall–Kier alpha value is -0.350. The molecule has 0 atom stereocenters. The summed E-state index contributed by atoms with van der Waals surface area (Å²) in [5.74, 6) is -0.268. The van der Waals surface area contributed by atoms with Gasteiger partial charge in [-0.05, 0) is 0 Å². The molecule has 3 nitrogen and oxygen atoms in total. The largest absolute Gasteiger partial charge is 0.495 e. The van der Waals surface area contributed by atoms with Crippen LogP contribution in [-0.4, -0.2) is 13.0 Å². The van der Waals surface area contributed by atoms with Crippen LogP contribution in [0.15, 0.2) is 6.07 Å². The first-order valence-corrected chi connectivity index (χ1v) is 5.66. The summed E-state index contributed by atoms with van der Waals surface area (Å²) in [4.78, 5) is 11.5. The van der Waals surface area contributed by atoms with E-state index >= 15 is 0 Å². The van der Waals surface area contributed by atoms with Gasteiger partial charge in [0.05, 0.1) is 22.8 Å². The number of rotatable bonds is 1. The van der Waals surface area contributed by atoms with Crippen molar-refractivity contribution in [3.63, 3.8) is 0 Å². The van der Waals surface area contributed by atoms with E-state index in [4.69, 9.17) is 51.1 Å². The number of hydrogen-bond acceptors (Lipinski definition) is 2. The van der Waals surface area contributed by atoms with Gasteiger partial charge in [0.25, 0.3) is 5.91 Å². The maximum absolute atomic E-state index is 11.5. The van der Waals surface area contributed by atoms with Gasteiger partial charge in [-0.15, -0.1) is 0 Å². The summed E-state index contributed by atoms with van der Waals surface area (Å²) in [6.07, 6.45) is 0. The number of methoxy groups -OCH3 is 1. The number of benzene rings is 1. The molecule has 0 saturated carbocycles. The molecule has 0 aromatic heterocycles. The number of halogens is 4. The van der Waals surface area contributed by atoms with Gasteiger partial charge in [0.2, 0.25) is 4.33 Å². The number of carbonyl (C=O) groups excluding carboxylic acids is 1. The highest BCUT2D eigenvalue weighted by atomic mass is 35.5. The van der Waals surface area contributed by atoms with E-state index in [0.29, 0.717) is 11.4 Å². The fourth-order valence-electron chi connectivity index (χ4n) is 1.47. The molecule has 1 aromatic rings. The predicted molar refractivity (Wildman–Crippen MR) is 65.0 cm³/mol. The van der Waals surface area contributed by atoms with E-state index in [1.165, 1.54) is 13.2 Å². The lowest BCUT2D eigenvalue weighted by Gasteiger charge is -2.14. The van der Waals surface area contributed by atoms with Crippen LogP contribution in [0.1, 0.15) is 5.56 Å². The fourth-order valence-corrected chi connectivity index (χ4v) is 2.65. The quantitative estimate of drug-likeness (QED) is 0.805. The Morgan fingerprint density at radius 1 is 1.38 bits per heavy atom. The number of amides is 1. The zero-order chi connectivity index (χ0) is 12.1. The summed E-state index contributed by atoms with van der Waals surface area (Å²) >= 11 is 23.8. The molecule has 0 saturated heterocycles. The molecule has 0 radical (unpaired) electrons. The van der Waals surface area contributed by atoms with Crippen molar-refractivity contribution < 1.29 is 9.53 Å². The molecule has 1 aliphatic heterocycles. The highest BCUT2D eigenvalue weighted by Gasteiger charge is 2.47. The lowest BCUT2D eigenvalue weighted by Crippen LogP contribution is -2.21. The lowest BCUT2D eigenvalue weighted by atomic mass is 10.1. The van der Waals surface area contributed by atoms with Gasteiger partial charge in [-0.3, -0.25) is 4.79 Å². The Balaban J connectivity index is 2.77. The first-order valence-electron chi connectivity index (χ1n) is 4.15. The molecule has 1 amide bonds. The number of fused-ring (bicyclic) bond motifs is 1. The SMILES string of the molecule is COc1cc(Cl)c2c(c1Cl)C(Cl)(Cl)C(=O)N2. The van der Waals surface area contributed by atoms with Crippen LogP contribution >= 0.6 is 46.4 Å². The van der Waals surface area contributed by atoms with Gasteiger partial charge in [0.1, 0.15) is 5.75 Å². The Bertz CT molecular complexity index is 487. The summed E-state index contributed by atoms with van der Waals surface area (Å²) in [6.45, 7) is 0. The second kappa shape index (κ2) is 3.84. The lowest BCUT2D eigenvalue weighted by molar-refractivity contribution is -0.116. The molecule has 1 heterocycles. The number of anilines is 1. The molecule has 0 unspecified atom stereocenters. The molecule has 2 rings (SSSR count). The number of carbonyl (C=O) groups is 1. The summed E-state index contributed by atoms with van der Waals surface area (Å²) in [5, 5.41) is 2.92. The van der Waals surface area contributed by atoms with E-state index in [1.54, 1.807) is 0 Å². The third-order valence-corrected chi connectivity index (χ3v) is 3.63. The number of nitrogens with one attached hydrogen (secondary N) is 1. The second-order valence-electron chi connectivity index (χ2n) is 3.15. The van der Waals surface area contributed by atoms with Crippen LogP contribution in [0.3, 0.4) is 0 Å². The van der Waals surface area contributed by atoms with Crippen LogP contribution in [0, 0.1) is 0 Å². The minimum atomic E-state index is -1.75. The number of ether oxygens (including phenoxy) is 1. The van der Waals surface area contributed by atoms with E-state index in [9.17, 15) is 4.79 Å². The van der Waals surface area contributed by atoms with E-state index < -0.39 is 10.2 Å². The zero-order valence-corrected chi connectivity index (χ0v) is 10.9. The number of alkyl halides is 2. The Morgan fingerprint density at radius 3 is 2.56 bits per heavy atom. The molecule has 1 aromatic carbocycles. The molecule has 0 spiro atoms. The molecule has 86 valence electrons. The summed E-state index contributed by atoms with van der Waals surface area (Å²) in [7, 11) is 1.43. The average Bonchev–Trinajstić information content (AvgIpc) is 2.45. The summed E-state index contributed by atoms with van der Waals surface area (Å²) < 4.78 is 3.26. The Labute approximate surface area is 112 Å². The molecule has 7 heteroatoms. The van der Waals surface area contributed by atoms with Crippen molar-refractivity contribution in [1.82, 2.24) is 0 Å². The topological polar surface area (TPSA) is 38.3 Å². The van der Waals surface area contributed by atoms with Crippen molar-refractivity contribution in [3.8, 4) is 5.75 Å². The van der Waals surface area contributed by atoms with Crippen LogP contribution in [0.5, 0.6) is 5.75 Å². The van der Waals surface area contributed by atoms with Crippen molar-refractivity contribution in [3.05, 3.63) is 21.7 Å². The number of hydrogen-bond donors (Lipinski definition) is 1. The fraction of sp³-hybridized carbons (Fsp3) is 0.222. The van der Waals surface area contributed by atoms with Gasteiger partial charge >= 0.3 is 0 Å². The van der Waals surface area contributed by atoms with E-state index in [0.717, 1.165) is 0 Å². The normalized spacial score (nSPS) is 16.9. The van der Waals surface area contributed by atoms with Gasteiger partial charge in [-0.1, -0.05) is 46.4 Å². The first kappa shape index (κ1) is 12.1. The third kappa shape index (κ3) is 1.54. The first-order chi connectivity index (χ1) is 7.39.